The number of hydrogen-bond acceptors (Lipinski definition) is 2. The fourth-order valence-electron chi connectivity index (χ4n) is 2.11. The monoisotopic (exact) mass is 198 g/mol. The Morgan fingerprint density at radius 1 is 1.21 bits per heavy atom. The number of carbonyl (C=O) groups excluding carboxylic acids is 1. The van der Waals surface area contributed by atoms with E-state index in [2.05, 4.69) is 6.92 Å². The van der Waals surface area contributed by atoms with E-state index in [4.69, 9.17) is 4.74 Å². The Labute approximate surface area is 87.0 Å². The zero-order valence-corrected chi connectivity index (χ0v) is 9.80. The molecule has 0 unspecified atom stereocenters. The number of ketones is 1. The van der Waals surface area contributed by atoms with Crippen molar-refractivity contribution in [3.63, 3.8) is 0 Å². The van der Waals surface area contributed by atoms with Crippen molar-refractivity contribution < 1.29 is 9.53 Å². The second-order valence-electron chi connectivity index (χ2n) is 5.04. The zero-order valence-electron chi connectivity index (χ0n) is 9.80. The summed E-state index contributed by atoms with van der Waals surface area (Å²) >= 11 is 0. The van der Waals surface area contributed by atoms with Crippen molar-refractivity contribution >= 4 is 5.78 Å². The van der Waals surface area contributed by atoms with Gasteiger partial charge in [-0.3, -0.25) is 4.79 Å². The maximum atomic E-state index is 12.0. The van der Waals surface area contributed by atoms with Crippen LogP contribution in [0.25, 0.3) is 0 Å². The second kappa shape index (κ2) is 4.43. The van der Waals surface area contributed by atoms with Gasteiger partial charge in [0.2, 0.25) is 0 Å². The molecule has 1 rings (SSSR count). The number of Topliss-reactive ketones (excluding diaryl/α,β-unsaturated/α-hetero) is 1. The minimum absolute atomic E-state index is 0.237. The molecule has 0 N–H and O–H groups in total. The summed E-state index contributed by atoms with van der Waals surface area (Å²) in [5.74, 6) is 1.32. The first-order chi connectivity index (χ1) is 6.47. The molecular formula is C12H22O2. The minimum Gasteiger partial charge on any atom is -0.371 e. The molecule has 0 radical (unpaired) electrons. The van der Waals surface area contributed by atoms with Crippen molar-refractivity contribution in [1.29, 1.82) is 0 Å². The van der Waals surface area contributed by atoms with Crippen LogP contribution in [0.3, 0.4) is 0 Å². The van der Waals surface area contributed by atoms with Gasteiger partial charge in [0.05, 0.1) is 0 Å². The molecule has 0 heterocycles. The van der Waals surface area contributed by atoms with Crippen molar-refractivity contribution in [2.24, 2.45) is 11.8 Å². The van der Waals surface area contributed by atoms with E-state index in [1.165, 1.54) is 12.8 Å². The van der Waals surface area contributed by atoms with E-state index in [-0.39, 0.29) is 11.7 Å². The Morgan fingerprint density at radius 3 is 2.14 bits per heavy atom. The zero-order chi connectivity index (χ0) is 10.8. The van der Waals surface area contributed by atoms with E-state index >= 15 is 0 Å². The van der Waals surface area contributed by atoms with Gasteiger partial charge in [0.1, 0.15) is 5.60 Å². The smallest absolute Gasteiger partial charge is 0.167 e. The van der Waals surface area contributed by atoms with Gasteiger partial charge in [-0.25, -0.2) is 0 Å². The molecule has 0 aromatic heterocycles. The molecule has 0 saturated heterocycles. The summed E-state index contributed by atoms with van der Waals surface area (Å²) in [4.78, 5) is 12.0. The van der Waals surface area contributed by atoms with Crippen molar-refractivity contribution in [1.82, 2.24) is 0 Å². The Balaban J connectivity index is 2.54. The lowest BCUT2D eigenvalue weighted by molar-refractivity contribution is -0.142. The van der Waals surface area contributed by atoms with Gasteiger partial charge in [-0.2, -0.15) is 0 Å². The molecule has 0 amide bonds. The summed E-state index contributed by atoms with van der Waals surface area (Å²) < 4.78 is 5.23. The third-order valence-corrected chi connectivity index (χ3v) is 3.49. The molecule has 0 spiro atoms. The quantitative estimate of drug-likeness (QED) is 0.697. The third kappa shape index (κ3) is 2.57. The molecule has 1 fully saturated rings. The lowest BCUT2D eigenvalue weighted by Crippen LogP contribution is -2.40. The normalized spacial score (nSPS) is 28.9. The van der Waals surface area contributed by atoms with Gasteiger partial charge in [0.25, 0.3) is 0 Å². The fourth-order valence-corrected chi connectivity index (χ4v) is 2.11. The number of hydrogen-bond donors (Lipinski definition) is 0. The molecule has 2 nitrogen and oxygen atoms in total. The van der Waals surface area contributed by atoms with Gasteiger partial charge in [-0.15, -0.1) is 0 Å². The number of ether oxygens (including phenoxy) is 1. The van der Waals surface area contributed by atoms with E-state index < -0.39 is 5.60 Å². The summed E-state index contributed by atoms with van der Waals surface area (Å²) in [6.07, 6.45) is 4.48. The molecular weight excluding hydrogens is 176 g/mol. The van der Waals surface area contributed by atoms with E-state index in [1.54, 1.807) is 7.11 Å². The van der Waals surface area contributed by atoms with Crippen LogP contribution in [0.2, 0.25) is 0 Å². The SMILES string of the molecule is COC(C)(C)C(=O)C1CCC(C)CC1. The van der Waals surface area contributed by atoms with Crippen LogP contribution in [0.15, 0.2) is 0 Å². The van der Waals surface area contributed by atoms with Gasteiger partial charge in [0.15, 0.2) is 5.78 Å². The Kier molecular flexibility index (Phi) is 3.71. The van der Waals surface area contributed by atoms with Crippen LogP contribution in [0.5, 0.6) is 0 Å². The molecule has 0 aliphatic heterocycles. The fraction of sp³-hybridized carbons (Fsp3) is 0.917. The van der Waals surface area contributed by atoms with Crippen LogP contribution in [0, 0.1) is 11.8 Å². The Morgan fingerprint density at radius 2 is 1.71 bits per heavy atom. The van der Waals surface area contributed by atoms with E-state index in [0.717, 1.165) is 18.8 Å². The van der Waals surface area contributed by atoms with Gasteiger partial charge >= 0.3 is 0 Å². The van der Waals surface area contributed by atoms with E-state index in [0.29, 0.717) is 0 Å². The average molecular weight is 198 g/mol. The van der Waals surface area contributed by atoms with Crippen LogP contribution in [0.4, 0.5) is 0 Å². The van der Waals surface area contributed by atoms with Gasteiger partial charge in [-0.05, 0) is 32.6 Å². The summed E-state index contributed by atoms with van der Waals surface area (Å²) in [6, 6.07) is 0. The first-order valence-electron chi connectivity index (χ1n) is 5.57. The standard InChI is InChI=1S/C12H22O2/c1-9-5-7-10(8-6-9)11(13)12(2,3)14-4/h9-10H,5-8H2,1-4H3. The van der Waals surface area contributed by atoms with Crippen LogP contribution < -0.4 is 0 Å². The van der Waals surface area contributed by atoms with Crippen LogP contribution in [0.1, 0.15) is 46.5 Å². The maximum absolute atomic E-state index is 12.0. The third-order valence-electron chi connectivity index (χ3n) is 3.49. The highest BCUT2D eigenvalue weighted by atomic mass is 16.5. The number of methoxy groups -OCH3 is 1. The molecule has 82 valence electrons. The number of rotatable bonds is 3. The lowest BCUT2D eigenvalue weighted by Gasteiger charge is -2.31. The molecule has 14 heavy (non-hydrogen) atoms. The van der Waals surface area contributed by atoms with Gasteiger partial charge < -0.3 is 4.74 Å². The van der Waals surface area contributed by atoms with Crippen LogP contribution in [-0.4, -0.2) is 18.5 Å². The lowest BCUT2D eigenvalue weighted by atomic mass is 9.77. The summed E-state index contributed by atoms with van der Waals surface area (Å²) in [5, 5.41) is 0. The van der Waals surface area contributed by atoms with Crippen molar-refractivity contribution in [3.05, 3.63) is 0 Å². The number of carbonyl (C=O) groups is 1. The molecule has 2 heteroatoms. The first kappa shape index (κ1) is 11.7. The topological polar surface area (TPSA) is 26.3 Å². The molecule has 0 aromatic carbocycles. The first-order valence-corrected chi connectivity index (χ1v) is 5.57. The summed E-state index contributed by atoms with van der Waals surface area (Å²) in [6.45, 7) is 6.00. The summed E-state index contributed by atoms with van der Waals surface area (Å²) in [5.41, 5.74) is -0.592. The molecule has 1 aliphatic carbocycles. The maximum Gasteiger partial charge on any atom is 0.167 e. The van der Waals surface area contributed by atoms with Crippen molar-refractivity contribution in [2.45, 2.75) is 52.1 Å². The van der Waals surface area contributed by atoms with Crippen LogP contribution >= 0.6 is 0 Å². The predicted molar refractivity (Wildman–Crippen MR) is 57.2 cm³/mol. The van der Waals surface area contributed by atoms with Gasteiger partial charge in [0, 0.05) is 13.0 Å². The highest BCUT2D eigenvalue weighted by Crippen LogP contribution is 2.31. The Bertz CT molecular complexity index is 200. The van der Waals surface area contributed by atoms with Crippen molar-refractivity contribution in [3.8, 4) is 0 Å². The Hall–Kier alpha value is -0.370. The average Bonchev–Trinajstić information content (AvgIpc) is 2.18. The van der Waals surface area contributed by atoms with Crippen LogP contribution in [-0.2, 0) is 9.53 Å². The molecule has 0 bridgehead atoms. The van der Waals surface area contributed by atoms with E-state index in [9.17, 15) is 4.79 Å². The highest BCUT2D eigenvalue weighted by Gasteiger charge is 2.34. The minimum atomic E-state index is -0.592. The predicted octanol–water partition coefficient (Wildman–Crippen LogP) is 2.81. The van der Waals surface area contributed by atoms with Crippen molar-refractivity contribution in [2.75, 3.05) is 7.11 Å². The molecule has 1 saturated carbocycles. The second-order valence-corrected chi connectivity index (χ2v) is 5.04. The molecule has 0 aromatic rings. The highest BCUT2D eigenvalue weighted by molar-refractivity contribution is 5.88. The molecule has 0 atom stereocenters. The van der Waals surface area contributed by atoms with E-state index in [1.807, 2.05) is 13.8 Å². The van der Waals surface area contributed by atoms with Gasteiger partial charge in [-0.1, -0.05) is 19.8 Å². The summed E-state index contributed by atoms with van der Waals surface area (Å²) in [7, 11) is 1.61. The molecule has 1 aliphatic rings. The largest absolute Gasteiger partial charge is 0.371 e.